The Morgan fingerprint density at radius 1 is 0.964 bits per heavy atom. The highest BCUT2D eigenvalue weighted by Crippen LogP contribution is 2.31. The molecule has 2 aromatic carbocycles. The molecule has 0 unspecified atom stereocenters. The lowest BCUT2D eigenvalue weighted by molar-refractivity contribution is 0.0696. The van der Waals surface area contributed by atoms with Gasteiger partial charge in [0, 0.05) is 5.56 Å². The molecule has 2 rings (SSSR count). The Hall–Kier alpha value is -3.22. The summed E-state index contributed by atoms with van der Waals surface area (Å²) < 4.78 is 16.5. The summed E-state index contributed by atoms with van der Waals surface area (Å²) in [5.74, 6) is 0.0850. The van der Waals surface area contributed by atoms with Crippen molar-refractivity contribution in [3.05, 3.63) is 47.0 Å². The van der Waals surface area contributed by atoms with Crippen molar-refractivity contribution in [2.75, 3.05) is 20.3 Å². The molecule has 0 aromatic heterocycles. The number of carboxylic acids is 1. The van der Waals surface area contributed by atoms with Gasteiger partial charge >= 0.3 is 5.97 Å². The number of hydrogen-bond donors (Lipinski definition) is 2. The van der Waals surface area contributed by atoms with Crippen LogP contribution in [0.4, 0.5) is 0 Å². The van der Waals surface area contributed by atoms with Gasteiger partial charge in [-0.25, -0.2) is 4.79 Å². The van der Waals surface area contributed by atoms with E-state index in [0.717, 1.165) is 0 Å². The molecule has 0 amide bonds. The van der Waals surface area contributed by atoms with Gasteiger partial charge in [0.1, 0.15) is 11.5 Å². The lowest BCUT2D eigenvalue weighted by Crippen LogP contribution is -2.05. The van der Waals surface area contributed by atoms with Crippen LogP contribution < -0.4 is 14.2 Å². The summed E-state index contributed by atoms with van der Waals surface area (Å²) in [6.07, 6.45) is 1.37. The number of aromatic carboxylic acids is 1. The number of carbonyl (C=O) groups excluding carboxylic acids is 1. The Morgan fingerprint density at radius 3 is 2.14 bits per heavy atom. The molecule has 0 bridgehead atoms. The molecule has 7 nitrogen and oxygen atoms in total. The van der Waals surface area contributed by atoms with Crippen LogP contribution >= 0.6 is 0 Å². The van der Waals surface area contributed by atoms with Crippen LogP contribution in [0.15, 0.2) is 30.3 Å². The van der Waals surface area contributed by atoms with Crippen molar-refractivity contribution >= 4 is 11.8 Å². The van der Waals surface area contributed by atoms with Gasteiger partial charge in [-0.15, -0.1) is 0 Å². The molecule has 0 saturated carbocycles. The highest BCUT2D eigenvalue weighted by Gasteiger charge is 2.13. The predicted octanol–water partition coefficient (Wildman–Crippen LogP) is 3.85. The van der Waals surface area contributed by atoms with Gasteiger partial charge in [0.25, 0.3) is 0 Å². The van der Waals surface area contributed by atoms with E-state index in [4.69, 9.17) is 19.3 Å². The first-order valence-electron chi connectivity index (χ1n) is 8.85. The molecule has 0 heterocycles. The number of ketones is 1. The minimum atomic E-state index is -1.03. The van der Waals surface area contributed by atoms with Crippen molar-refractivity contribution in [3.8, 4) is 23.0 Å². The van der Waals surface area contributed by atoms with Gasteiger partial charge in [-0.2, -0.15) is 0 Å². The molecule has 0 fully saturated rings. The van der Waals surface area contributed by atoms with E-state index in [1.807, 2.05) is 0 Å². The molecule has 2 aromatic rings. The van der Waals surface area contributed by atoms with Gasteiger partial charge in [0.15, 0.2) is 17.3 Å². The minimum absolute atomic E-state index is 0.0567. The summed E-state index contributed by atoms with van der Waals surface area (Å²) in [5, 5.41) is 19.1. The lowest BCUT2D eigenvalue weighted by atomic mass is 10.1. The van der Waals surface area contributed by atoms with E-state index in [9.17, 15) is 14.7 Å². The zero-order valence-corrected chi connectivity index (χ0v) is 16.2. The topological polar surface area (TPSA) is 102 Å². The molecule has 0 spiro atoms. The third-order valence-corrected chi connectivity index (χ3v) is 4.22. The van der Waals surface area contributed by atoms with Crippen molar-refractivity contribution in [2.24, 2.45) is 0 Å². The van der Waals surface area contributed by atoms with Crippen LogP contribution in [-0.4, -0.2) is 42.3 Å². The molecule has 0 aliphatic heterocycles. The lowest BCUT2D eigenvalue weighted by Gasteiger charge is -2.13. The summed E-state index contributed by atoms with van der Waals surface area (Å²) in [5.41, 5.74) is 0.929. The summed E-state index contributed by atoms with van der Waals surface area (Å²) in [7, 11) is 1.49. The fraction of sp³-hybridized carbons (Fsp3) is 0.333. The first kappa shape index (κ1) is 21.1. The van der Waals surface area contributed by atoms with Crippen LogP contribution in [-0.2, 0) is 0 Å². The smallest absolute Gasteiger partial charge is 0.335 e. The zero-order chi connectivity index (χ0) is 20.7. The van der Waals surface area contributed by atoms with Crippen molar-refractivity contribution < 1.29 is 34.0 Å². The van der Waals surface area contributed by atoms with Gasteiger partial charge in [-0.1, -0.05) is 0 Å². The Morgan fingerprint density at radius 2 is 1.57 bits per heavy atom. The maximum Gasteiger partial charge on any atom is 0.335 e. The van der Waals surface area contributed by atoms with Crippen molar-refractivity contribution in [1.29, 1.82) is 0 Å². The van der Waals surface area contributed by atoms with Crippen LogP contribution in [0, 0.1) is 6.92 Å². The van der Waals surface area contributed by atoms with E-state index >= 15 is 0 Å². The number of carboxylic acid groups (broad SMARTS) is 1. The fourth-order valence-corrected chi connectivity index (χ4v) is 2.61. The SMILES string of the molecule is COc1ccc(C(=O)O)cc1OCCCCOc1ccc(C(C)=O)c(O)c1C. The van der Waals surface area contributed by atoms with Crippen molar-refractivity contribution in [2.45, 2.75) is 26.7 Å². The van der Waals surface area contributed by atoms with Crippen LogP contribution in [0.3, 0.4) is 0 Å². The summed E-state index contributed by atoms with van der Waals surface area (Å²) in [4.78, 5) is 22.5. The maximum atomic E-state index is 11.4. The maximum absolute atomic E-state index is 11.4. The second-order valence-corrected chi connectivity index (χ2v) is 6.22. The number of ether oxygens (including phenoxy) is 3. The summed E-state index contributed by atoms with van der Waals surface area (Å²) >= 11 is 0. The molecule has 0 radical (unpaired) electrons. The molecule has 0 saturated heterocycles. The van der Waals surface area contributed by atoms with Gasteiger partial charge < -0.3 is 24.4 Å². The molecule has 150 valence electrons. The Balaban J connectivity index is 1.83. The van der Waals surface area contributed by atoms with E-state index in [1.165, 1.54) is 26.2 Å². The summed E-state index contributed by atoms with van der Waals surface area (Å²) in [6.45, 7) is 3.88. The largest absolute Gasteiger partial charge is 0.507 e. The molecule has 0 atom stereocenters. The van der Waals surface area contributed by atoms with E-state index in [0.29, 0.717) is 48.9 Å². The molecule has 28 heavy (non-hydrogen) atoms. The second-order valence-electron chi connectivity index (χ2n) is 6.22. The molecule has 0 aliphatic carbocycles. The highest BCUT2D eigenvalue weighted by atomic mass is 16.5. The number of aromatic hydroxyl groups is 1. The predicted molar refractivity (Wildman–Crippen MR) is 103 cm³/mol. The number of carbonyl (C=O) groups is 2. The van der Waals surface area contributed by atoms with Crippen LogP contribution in [0.1, 0.15) is 46.0 Å². The number of methoxy groups -OCH3 is 1. The highest BCUT2D eigenvalue weighted by molar-refractivity contribution is 5.97. The van der Waals surface area contributed by atoms with E-state index in [1.54, 1.807) is 25.1 Å². The minimum Gasteiger partial charge on any atom is -0.507 e. The van der Waals surface area contributed by atoms with Gasteiger partial charge in [-0.3, -0.25) is 4.79 Å². The first-order chi connectivity index (χ1) is 13.3. The van der Waals surface area contributed by atoms with Crippen LogP contribution in [0.2, 0.25) is 0 Å². The average Bonchev–Trinajstić information content (AvgIpc) is 2.67. The van der Waals surface area contributed by atoms with Crippen LogP contribution in [0.25, 0.3) is 0 Å². The number of benzene rings is 2. The van der Waals surface area contributed by atoms with Crippen molar-refractivity contribution in [3.63, 3.8) is 0 Å². The standard InChI is InChI=1S/C21H24O7/c1-13-17(9-7-16(14(2)22)20(13)23)27-10-4-5-11-28-19-12-15(21(24)25)6-8-18(19)26-3/h6-9,12,23H,4-5,10-11H2,1-3H3,(H,24,25). The van der Waals surface area contributed by atoms with E-state index < -0.39 is 5.97 Å². The number of phenolic OH excluding ortho intramolecular Hbond substituents is 1. The zero-order valence-electron chi connectivity index (χ0n) is 16.2. The number of hydrogen-bond acceptors (Lipinski definition) is 6. The molecular formula is C21H24O7. The van der Waals surface area contributed by atoms with E-state index in [-0.39, 0.29) is 22.7 Å². The quantitative estimate of drug-likeness (QED) is 0.471. The third kappa shape index (κ3) is 5.16. The monoisotopic (exact) mass is 388 g/mol. The molecule has 2 N–H and O–H groups in total. The van der Waals surface area contributed by atoms with Crippen LogP contribution in [0.5, 0.6) is 23.0 Å². The molecule has 0 aliphatic rings. The number of Topliss-reactive ketones (excluding diaryl/α,β-unsaturated/α-hetero) is 1. The Kier molecular flexibility index (Phi) is 7.26. The molecule has 7 heteroatoms. The first-order valence-corrected chi connectivity index (χ1v) is 8.85. The van der Waals surface area contributed by atoms with Gasteiger partial charge in [-0.05, 0) is 57.0 Å². The van der Waals surface area contributed by atoms with Gasteiger partial charge in [0.05, 0.1) is 31.5 Å². The normalized spacial score (nSPS) is 10.4. The van der Waals surface area contributed by atoms with E-state index in [2.05, 4.69) is 0 Å². The van der Waals surface area contributed by atoms with Crippen molar-refractivity contribution in [1.82, 2.24) is 0 Å². The fourth-order valence-electron chi connectivity index (χ4n) is 2.61. The third-order valence-electron chi connectivity index (χ3n) is 4.22. The van der Waals surface area contributed by atoms with Gasteiger partial charge in [0.2, 0.25) is 0 Å². The number of phenols is 1. The number of rotatable bonds is 10. The Bertz CT molecular complexity index is 858. The number of unbranched alkanes of at least 4 members (excludes halogenated alkanes) is 1. The average molecular weight is 388 g/mol. The summed E-state index contributed by atoms with van der Waals surface area (Å²) in [6, 6.07) is 7.66. The Labute approximate surface area is 163 Å². The second kappa shape index (κ2) is 9.64. The molecular weight excluding hydrogens is 364 g/mol.